The van der Waals surface area contributed by atoms with Crippen LogP contribution in [0.25, 0.3) is 0 Å². The average Bonchev–Trinajstić information content (AvgIpc) is 3.06. The van der Waals surface area contributed by atoms with Crippen molar-refractivity contribution in [1.29, 1.82) is 0 Å². The van der Waals surface area contributed by atoms with Crippen molar-refractivity contribution in [1.82, 2.24) is 15.1 Å². The first kappa shape index (κ1) is 25.5. The molecule has 2 unspecified atom stereocenters. The molecule has 5 rings (SSSR count). The molecule has 2 atom stereocenters. The summed E-state index contributed by atoms with van der Waals surface area (Å²) in [5, 5.41) is 16.6. The molecule has 1 aliphatic carbocycles. The minimum absolute atomic E-state index is 0.132. The van der Waals surface area contributed by atoms with E-state index < -0.39 is 29.7 Å². The average molecular weight is 513 g/mol. The molecule has 4 aliphatic rings. The zero-order chi connectivity index (χ0) is 26.5. The van der Waals surface area contributed by atoms with Crippen molar-refractivity contribution >= 4 is 29.5 Å². The molecule has 10 heteroatoms. The molecule has 200 valence electrons. The second-order valence-corrected chi connectivity index (χ2v) is 11.9. The SMILES string of the molecule is CC(C)(C)OC(=O)N1CCC2(CC1)CC(CNc1cccc3c1C(=O)N(C1CCC(=O)NC1=O)C3O)C2. The lowest BCUT2D eigenvalue weighted by molar-refractivity contribution is -0.139. The third-order valence-electron chi connectivity index (χ3n) is 8.13. The molecular weight excluding hydrogens is 476 g/mol. The van der Waals surface area contributed by atoms with E-state index in [0.29, 0.717) is 42.4 Å². The third-order valence-corrected chi connectivity index (χ3v) is 8.13. The van der Waals surface area contributed by atoms with Crippen molar-refractivity contribution in [2.24, 2.45) is 11.3 Å². The summed E-state index contributed by atoms with van der Waals surface area (Å²) in [6, 6.07) is 4.44. The minimum Gasteiger partial charge on any atom is -0.444 e. The van der Waals surface area contributed by atoms with Crippen LogP contribution in [-0.2, 0) is 14.3 Å². The Balaban J connectivity index is 1.16. The van der Waals surface area contributed by atoms with Gasteiger partial charge in [0.1, 0.15) is 11.6 Å². The van der Waals surface area contributed by atoms with Crippen LogP contribution in [0.3, 0.4) is 0 Å². The number of amides is 4. The van der Waals surface area contributed by atoms with Crippen LogP contribution in [0.2, 0.25) is 0 Å². The maximum Gasteiger partial charge on any atom is 0.410 e. The topological polar surface area (TPSA) is 128 Å². The second-order valence-electron chi connectivity index (χ2n) is 11.9. The van der Waals surface area contributed by atoms with E-state index in [0.717, 1.165) is 25.7 Å². The Morgan fingerprint density at radius 2 is 1.89 bits per heavy atom. The number of nitrogens with one attached hydrogen (secondary N) is 2. The molecule has 1 aromatic carbocycles. The molecule has 37 heavy (non-hydrogen) atoms. The highest BCUT2D eigenvalue weighted by Crippen LogP contribution is 2.52. The zero-order valence-electron chi connectivity index (χ0n) is 21.7. The third kappa shape index (κ3) is 4.91. The van der Waals surface area contributed by atoms with Gasteiger partial charge in [-0.3, -0.25) is 24.6 Å². The summed E-state index contributed by atoms with van der Waals surface area (Å²) in [5.41, 5.74) is 1.28. The van der Waals surface area contributed by atoms with Crippen LogP contribution in [-0.4, -0.2) is 70.0 Å². The van der Waals surface area contributed by atoms with E-state index in [-0.39, 0.29) is 30.3 Å². The fourth-order valence-corrected chi connectivity index (χ4v) is 6.28. The molecule has 10 nitrogen and oxygen atoms in total. The van der Waals surface area contributed by atoms with Gasteiger partial charge in [-0.1, -0.05) is 12.1 Å². The quantitative estimate of drug-likeness (QED) is 0.529. The van der Waals surface area contributed by atoms with E-state index in [4.69, 9.17) is 4.74 Å². The lowest BCUT2D eigenvalue weighted by Crippen LogP contribution is -2.53. The molecule has 3 fully saturated rings. The number of rotatable bonds is 4. The monoisotopic (exact) mass is 512 g/mol. The summed E-state index contributed by atoms with van der Waals surface area (Å²) in [7, 11) is 0. The molecule has 3 N–H and O–H groups in total. The standard InChI is InChI=1S/C27H36N4O6/c1-26(2,3)37-25(36)30-11-9-27(10-12-30)13-16(14-27)15-28-18-6-4-5-17-21(18)24(35)31(23(17)34)19-7-8-20(32)29-22(19)33/h4-6,16,19,23,28,34H,7-15H2,1-3H3,(H,29,32,33). The number of aliphatic hydroxyl groups is 1. The Bertz CT molecular complexity index is 1110. The Kier molecular flexibility index (Phi) is 6.42. The predicted octanol–water partition coefficient (Wildman–Crippen LogP) is 2.78. The van der Waals surface area contributed by atoms with Gasteiger partial charge in [-0.15, -0.1) is 0 Å². The van der Waals surface area contributed by atoms with E-state index >= 15 is 0 Å². The lowest BCUT2D eigenvalue weighted by Gasteiger charge is -2.52. The zero-order valence-corrected chi connectivity index (χ0v) is 21.7. The van der Waals surface area contributed by atoms with Gasteiger partial charge < -0.3 is 20.1 Å². The van der Waals surface area contributed by atoms with Crippen LogP contribution in [0.5, 0.6) is 0 Å². The van der Waals surface area contributed by atoms with Gasteiger partial charge in [0.2, 0.25) is 11.8 Å². The lowest BCUT2D eigenvalue weighted by atomic mass is 9.57. The van der Waals surface area contributed by atoms with Gasteiger partial charge in [0, 0.05) is 37.3 Å². The largest absolute Gasteiger partial charge is 0.444 e. The van der Waals surface area contributed by atoms with E-state index in [1.807, 2.05) is 26.8 Å². The van der Waals surface area contributed by atoms with Crippen LogP contribution in [0.4, 0.5) is 10.5 Å². The number of imide groups is 1. The van der Waals surface area contributed by atoms with E-state index in [1.165, 1.54) is 4.90 Å². The van der Waals surface area contributed by atoms with Crippen LogP contribution in [0, 0.1) is 11.3 Å². The summed E-state index contributed by atoms with van der Waals surface area (Å²) < 4.78 is 5.51. The summed E-state index contributed by atoms with van der Waals surface area (Å²) in [6.07, 6.45) is 2.93. The highest BCUT2D eigenvalue weighted by Gasteiger charge is 2.48. The first-order valence-electron chi connectivity index (χ1n) is 13.2. The summed E-state index contributed by atoms with van der Waals surface area (Å²) in [5.74, 6) is -0.865. The molecule has 0 bridgehead atoms. The van der Waals surface area contributed by atoms with Gasteiger partial charge in [0.05, 0.1) is 5.56 Å². The molecule has 0 radical (unpaired) electrons. The number of hydrogen-bond acceptors (Lipinski definition) is 7. The summed E-state index contributed by atoms with van der Waals surface area (Å²) in [6.45, 7) is 7.76. The Morgan fingerprint density at radius 3 is 2.54 bits per heavy atom. The smallest absolute Gasteiger partial charge is 0.410 e. The van der Waals surface area contributed by atoms with Gasteiger partial charge in [-0.2, -0.15) is 0 Å². The van der Waals surface area contributed by atoms with Crippen LogP contribution in [0.1, 0.15) is 81.4 Å². The fourth-order valence-electron chi connectivity index (χ4n) is 6.28. The van der Waals surface area contributed by atoms with E-state index in [9.17, 15) is 24.3 Å². The first-order chi connectivity index (χ1) is 17.5. The molecule has 1 spiro atoms. The Labute approximate surface area is 216 Å². The number of hydrogen-bond donors (Lipinski definition) is 3. The molecule has 1 aromatic rings. The summed E-state index contributed by atoms with van der Waals surface area (Å²) >= 11 is 0. The van der Waals surface area contributed by atoms with E-state index in [2.05, 4.69) is 10.6 Å². The van der Waals surface area contributed by atoms with Crippen molar-refractivity contribution in [3.05, 3.63) is 29.3 Å². The number of ether oxygens (including phenoxy) is 1. The normalized spacial score (nSPS) is 25.6. The van der Waals surface area contributed by atoms with Crippen molar-refractivity contribution in [3.8, 4) is 0 Å². The van der Waals surface area contributed by atoms with Crippen molar-refractivity contribution < 1.29 is 29.0 Å². The van der Waals surface area contributed by atoms with Gasteiger partial charge in [-0.25, -0.2) is 4.79 Å². The molecule has 0 aromatic heterocycles. The number of piperidine rings is 2. The number of likely N-dealkylation sites (tertiary alicyclic amines) is 1. The van der Waals surface area contributed by atoms with Crippen LogP contribution in [0.15, 0.2) is 18.2 Å². The van der Waals surface area contributed by atoms with Gasteiger partial charge in [-0.05, 0) is 70.3 Å². The highest BCUT2D eigenvalue weighted by atomic mass is 16.6. The Hall–Kier alpha value is -3.14. The number of nitrogens with zero attached hydrogens (tertiary/aromatic N) is 2. The van der Waals surface area contributed by atoms with Gasteiger partial charge in [0.25, 0.3) is 5.91 Å². The Morgan fingerprint density at radius 1 is 1.19 bits per heavy atom. The van der Waals surface area contributed by atoms with Crippen LogP contribution >= 0.6 is 0 Å². The molecular formula is C27H36N4O6. The number of aliphatic hydroxyl groups excluding tert-OH is 1. The molecule has 3 heterocycles. The maximum absolute atomic E-state index is 13.3. The molecule has 3 aliphatic heterocycles. The van der Waals surface area contributed by atoms with Crippen molar-refractivity contribution in [3.63, 3.8) is 0 Å². The molecule has 4 amide bonds. The first-order valence-corrected chi connectivity index (χ1v) is 13.2. The van der Waals surface area contributed by atoms with Crippen molar-refractivity contribution in [2.75, 3.05) is 25.0 Å². The summed E-state index contributed by atoms with van der Waals surface area (Å²) in [4.78, 5) is 52.6. The molecule has 2 saturated heterocycles. The fraction of sp³-hybridized carbons (Fsp3) is 0.630. The predicted molar refractivity (Wildman–Crippen MR) is 134 cm³/mol. The van der Waals surface area contributed by atoms with Crippen LogP contribution < -0.4 is 10.6 Å². The van der Waals surface area contributed by atoms with Gasteiger partial charge in [0.15, 0.2) is 6.23 Å². The maximum atomic E-state index is 13.3. The number of carbonyl (C=O) groups excluding carboxylic acids is 4. The minimum atomic E-state index is -1.23. The number of fused-ring (bicyclic) bond motifs is 1. The molecule has 1 saturated carbocycles. The van der Waals surface area contributed by atoms with Crippen molar-refractivity contribution in [2.45, 2.75) is 77.2 Å². The highest BCUT2D eigenvalue weighted by molar-refractivity contribution is 6.08. The number of anilines is 1. The van der Waals surface area contributed by atoms with E-state index in [1.54, 1.807) is 17.0 Å². The number of carbonyl (C=O) groups is 4. The van der Waals surface area contributed by atoms with Gasteiger partial charge >= 0.3 is 6.09 Å². The second kappa shape index (κ2) is 9.31. The number of benzene rings is 1.